The van der Waals surface area contributed by atoms with Crippen molar-refractivity contribution in [2.24, 2.45) is 0 Å². The Labute approximate surface area is 182 Å². The molecule has 2 aromatic rings. The predicted octanol–water partition coefficient (Wildman–Crippen LogP) is 6.51. The summed E-state index contributed by atoms with van der Waals surface area (Å²) in [5, 5.41) is 0. The smallest absolute Gasteiger partial charge is 0.333 e. The van der Waals surface area contributed by atoms with Gasteiger partial charge in [-0.25, -0.2) is 13.6 Å². The molecule has 0 N–H and O–H groups in total. The van der Waals surface area contributed by atoms with Gasteiger partial charge in [0.25, 0.3) is 0 Å². The van der Waals surface area contributed by atoms with Gasteiger partial charge in [0.1, 0.15) is 17.4 Å². The molecule has 2 aromatic carbocycles. The van der Waals surface area contributed by atoms with E-state index < -0.39 is 11.6 Å². The van der Waals surface area contributed by atoms with Crippen LogP contribution in [-0.2, 0) is 16.0 Å². The van der Waals surface area contributed by atoms with Crippen LogP contribution in [0.4, 0.5) is 8.78 Å². The Morgan fingerprint density at radius 2 is 1.84 bits per heavy atom. The zero-order valence-corrected chi connectivity index (χ0v) is 17.9. The third-order valence-corrected chi connectivity index (χ3v) is 5.25. The summed E-state index contributed by atoms with van der Waals surface area (Å²) >= 11 is 0. The molecule has 0 spiro atoms. The van der Waals surface area contributed by atoms with Crippen LogP contribution < -0.4 is 4.74 Å². The van der Waals surface area contributed by atoms with Gasteiger partial charge in [0.2, 0.25) is 0 Å². The minimum atomic E-state index is -0.564. The zero-order chi connectivity index (χ0) is 22.2. The van der Waals surface area contributed by atoms with Crippen LogP contribution in [0.15, 0.2) is 48.6 Å². The van der Waals surface area contributed by atoms with Crippen molar-refractivity contribution in [1.29, 1.82) is 0 Å². The number of rotatable bonds is 9. The fourth-order valence-electron chi connectivity index (χ4n) is 3.58. The van der Waals surface area contributed by atoms with Crippen molar-refractivity contribution < 1.29 is 23.0 Å². The van der Waals surface area contributed by atoms with E-state index in [1.807, 2.05) is 24.3 Å². The number of carbonyl (C=O) groups excluding carboxylic acids is 1. The number of benzene rings is 2. The van der Waals surface area contributed by atoms with E-state index in [4.69, 9.17) is 9.47 Å². The van der Waals surface area contributed by atoms with E-state index in [2.05, 4.69) is 6.58 Å². The summed E-state index contributed by atoms with van der Waals surface area (Å²) in [6.07, 6.45) is 7.07. The van der Waals surface area contributed by atoms with Crippen LogP contribution in [0.3, 0.4) is 0 Å². The molecule has 1 aliphatic carbocycles. The Balaban J connectivity index is 1.53. The number of hydrogen-bond donors (Lipinski definition) is 0. The topological polar surface area (TPSA) is 35.5 Å². The van der Waals surface area contributed by atoms with Crippen LogP contribution in [0.2, 0.25) is 0 Å². The van der Waals surface area contributed by atoms with Gasteiger partial charge in [-0.05, 0) is 86.4 Å². The second kappa shape index (κ2) is 10.9. The van der Waals surface area contributed by atoms with E-state index in [0.29, 0.717) is 24.4 Å². The molecule has 5 heteroatoms. The first kappa shape index (κ1) is 22.7. The molecule has 0 fully saturated rings. The van der Waals surface area contributed by atoms with Crippen molar-refractivity contribution in [2.45, 2.75) is 45.4 Å². The lowest BCUT2D eigenvalue weighted by molar-refractivity contribution is -0.139. The van der Waals surface area contributed by atoms with Crippen LogP contribution in [0.5, 0.6) is 5.75 Å². The number of unbranched alkanes of at least 4 members (excludes halogenated alkanes) is 2. The highest BCUT2D eigenvalue weighted by Crippen LogP contribution is 2.32. The van der Waals surface area contributed by atoms with Crippen LogP contribution >= 0.6 is 0 Å². The Hall–Kier alpha value is -2.95. The number of fused-ring (bicyclic) bond motifs is 1. The normalized spacial score (nSPS) is 13.1. The van der Waals surface area contributed by atoms with Crippen LogP contribution in [-0.4, -0.2) is 19.2 Å². The number of allylic oxidation sites excluding steroid dienone is 1. The Morgan fingerprint density at radius 1 is 1.03 bits per heavy atom. The first-order chi connectivity index (χ1) is 14.9. The molecule has 0 aromatic heterocycles. The number of carbonyl (C=O) groups is 1. The molecule has 3 nitrogen and oxygen atoms in total. The molecular weight excluding hydrogens is 398 g/mol. The summed E-state index contributed by atoms with van der Waals surface area (Å²) < 4.78 is 38.4. The molecule has 0 unspecified atom stereocenters. The van der Waals surface area contributed by atoms with Crippen molar-refractivity contribution in [2.75, 3.05) is 13.2 Å². The molecular formula is C26H28F2O3. The lowest BCUT2D eigenvalue weighted by Crippen LogP contribution is -2.06. The third kappa shape index (κ3) is 6.51. The number of ether oxygens (including phenoxy) is 2. The van der Waals surface area contributed by atoms with E-state index in [9.17, 15) is 13.6 Å². The summed E-state index contributed by atoms with van der Waals surface area (Å²) in [7, 11) is 0. The maximum Gasteiger partial charge on any atom is 0.333 e. The lowest BCUT2D eigenvalue weighted by atomic mass is 10.00. The quantitative estimate of drug-likeness (QED) is 0.260. The molecule has 0 saturated heterocycles. The Kier molecular flexibility index (Phi) is 7.99. The number of halogens is 2. The van der Waals surface area contributed by atoms with Crippen molar-refractivity contribution >= 4 is 17.6 Å². The van der Waals surface area contributed by atoms with Gasteiger partial charge in [-0.3, -0.25) is 0 Å². The molecule has 0 atom stereocenters. The van der Waals surface area contributed by atoms with E-state index >= 15 is 0 Å². The summed E-state index contributed by atoms with van der Waals surface area (Å²) in [4.78, 5) is 11.3. The highest BCUT2D eigenvalue weighted by atomic mass is 19.1. The molecule has 1 aliphatic rings. The van der Waals surface area contributed by atoms with Crippen molar-refractivity contribution in [3.63, 3.8) is 0 Å². The average Bonchev–Trinajstić information content (AvgIpc) is 2.94. The molecule has 0 radical (unpaired) electrons. The lowest BCUT2D eigenvalue weighted by Gasteiger charge is -2.10. The zero-order valence-electron chi connectivity index (χ0n) is 17.9. The van der Waals surface area contributed by atoms with Gasteiger partial charge >= 0.3 is 5.97 Å². The monoisotopic (exact) mass is 426 g/mol. The van der Waals surface area contributed by atoms with Gasteiger partial charge in [-0.15, -0.1) is 0 Å². The molecule has 0 heterocycles. The van der Waals surface area contributed by atoms with Gasteiger partial charge in [0.05, 0.1) is 13.2 Å². The van der Waals surface area contributed by atoms with E-state index in [1.165, 1.54) is 17.7 Å². The highest BCUT2D eigenvalue weighted by Gasteiger charge is 2.14. The average molecular weight is 427 g/mol. The van der Waals surface area contributed by atoms with Crippen LogP contribution in [0.1, 0.15) is 55.7 Å². The van der Waals surface area contributed by atoms with E-state index in [-0.39, 0.29) is 5.97 Å². The van der Waals surface area contributed by atoms with Gasteiger partial charge in [-0.2, -0.15) is 0 Å². The maximum atomic E-state index is 14.2. The summed E-state index contributed by atoms with van der Waals surface area (Å²) in [6, 6.07) is 9.71. The fraction of sp³-hybridized carbons (Fsp3) is 0.346. The standard InChI is InChI=1S/C26H28F2O3/c1-18(2)26(29)31-14-5-3-4-13-30-23-11-9-20-15-21(8-6-7-19(20)16-23)24-12-10-22(27)17-25(24)28/h9-12,15-17H,1,3-8,13-14H2,2H3. The summed E-state index contributed by atoms with van der Waals surface area (Å²) in [5.74, 6) is -0.618. The van der Waals surface area contributed by atoms with Crippen LogP contribution in [0, 0.1) is 11.6 Å². The number of esters is 1. The molecule has 164 valence electrons. The van der Waals surface area contributed by atoms with Crippen molar-refractivity contribution in [1.82, 2.24) is 0 Å². The molecule has 0 bridgehead atoms. The summed E-state index contributed by atoms with van der Waals surface area (Å²) in [5.41, 5.74) is 3.97. The predicted molar refractivity (Wildman–Crippen MR) is 119 cm³/mol. The van der Waals surface area contributed by atoms with Crippen LogP contribution in [0.25, 0.3) is 11.6 Å². The molecule has 3 rings (SSSR count). The largest absolute Gasteiger partial charge is 0.494 e. The first-order valence-corrected chi connectivity index (χ1v) is 10.7. The minimum absolute atomic E-state index is 0.347. The second-order valence-corrected chi connectivity index (χ2v) is 7.83. The van der Waals surface area contributed by atoms with Crippen molar-refractivity contribution in [3.05, 3.63) is 76.9 Å². The van der Waals surface area contributed by atoms with E-state index in [1.54, 1.807) is 6.92 Å². The molecule has 0 amide bonds. The SMILES string of the molecule is C=C(C)C(=O)OCCCCCOc1ccc2c(c1)CCCC(c1ccc(F)cc1F)=C2. The van der Waals surface area contributed by atoms with E-state index in [0.717, 1.165) is 61.5 Å². The minimum Gasteiger partial charge on any atom is -0.494 e. The fourth-order valence-corrected chi connectivity index (χ4v) is 3.58. The molecule has 0 saturated carbocycles. The van der Waals surface area contributed by atoms with Gasteiger partial charge in [0, 0.05) is 17.2 Å². The second-order valence-electron chi connectivity index (χ2n) is 7.83. The Bertz CT molecular complexity index is 979. The molecule has 0 aliphatic heterocycles. The summed E-state index contributed by atoms with van der Waals surface area (Å²) in [6.45, 7) is 6.17. The van der Waals surface area contributed by atoms with Gasteiger partial charge < -0.3 is 9.47 Å². The number of aryl methyl sites for hydroxylation is 1. The molecule has 31 heavy (non-hydrogen) atoms. The van der Waals surface area contributed by atoms with Gasteiger partial charge in [-0.1, -0.05) is 18.7 Å². The first-order valence-electron chi connectivity index (χ1n) is 10.7. The third-order valence-electron chi connectivity index (χ3n) is 5.25. The maximum absolute atomic E-state index is 14.2. The number of hydrogen-bond acceptors (Lipinski definition) is 3. The highest BCUT2D eigenvalue weighted by molar-refractivity contribution is 5.86. The van der Waals surface area contributed by atoms with Gasteiger partial charge in [0.15, 0.2) is 0 Å². The Morgan fingerprint density at radius 3 is 2.61 bits per heavy atom. The van der Waals surface area contributed by atoms with Crippen molar-refractivity contribution in [3.8, 4) is 5.75 Å².